The number of carbonyl (C=O) groups is 2. The largest absolute Gasteiger partial charge is 0.369 e. The summed E-state index contributed by atoms with van der Waals surface area (Å²) in [4.78, 5) is 23.4. The van der Waals surface area contributed by atoms with Gasteiger partial charge in [0.15, 0.2) is 0 Å². The molecule has 0 aliphatic heterocycles. The lowest BCUT2D eigenvalue weighted by atomic mass is 9.46. The van der Waals surface area contributed by atoms with Crippen molar-refractivity contribution in [3.63, 3.8) is 0 Å². The molecule has 2 atom stereocenters. The molecular weight excluding hydrogens is 252 g/mol. The van der Waals surface area contributed by atoms with Gasteiger partial charge >= 0.3 is 0 Å². The summed E-state index contributed by atoms with van der Waals surface area (Å²) in [6, 6.07) is 0. The normalized spacial score (nSPS) is 44.9. The molecule has 4 nitrogen and oxygen atoms in total. The molecule has 4 saturated carbocycles. The highest BCUT2D eigenvalue weighted by molar-refractivity contribution is 6.27. The van der Waals surface area contributed by atoms with Crippen LogP contribution in [0.4, 0.5) is 0 Å². The molecule has 0 aromatic carbocycles. The molecule has 0 aromatic heterocycles. The molecule has 4 rings (SSSR count). The van der Waals surface area contributed by atoms with Gasteiger partial charge in [-0.3, -0.25) is 9.59 Å². The van der Waals surface area contributed by atoms with Gasteiger partial charge < -0.3 is 11.1 Å². The van der Waals surface area contributed by atoms with Crippen LogP contribution in [0.5, 0.6) is 0 Å². The predicted molar refractivity (Wildman–Crippen MR) is 67.9 cm³/mol. The maximum absolute atomic E-state index is 11.8. The lowest BCUT2D eigenvalue weighted by Gasteiger charge is -2.61. The van der Waals surface area contributed by atoms with Crippen LogP contribution in [-0.2, 0) is 9.59 Å². The third kappa shape index (κ3) is 1.73. The van der Waals surface area contributed by atoms with Gasteiger partial charge in [-0.2, -0.15) is 0 Å². The van der Waals surface area contributed by atoms with Gasteiger partial charge in [0.1, 0.15) is 5.88 Å². The number of hydrogen-bond donors (Lipinski definition) is 2. The van der Waals surface area contributed by atoms with Crippen LogP contribution < -0.4 is 11.1 Å². The standard InChI is InChI=1S/C13H19ClN2O2/c14-6-10(17)16-13-4-8-1-9(5-13)3-12(2-8,7-13)11(15)18/h8-9H,1-7H2,(H2,15,18)(H,16,17). The number of nitrogens with one attached hydrogen (secondary N) is 1. The summed E-state index contributed by atoms with van der Waals surface area (Å²) in [5.74, 6) is 0.754. The van der Waals surface area contributed by atoms with Gasteiger partial charge in [-0.1, -0.05) is 0 Å². The first-order valence-electron chi connectivity index (χ1n) is 6.64. The molecule has 4 fully saturated rings. The predicted octanol–water partition coefficient (Wildman–Crippen LogP) is 1.17. The van der Waals surface area contributed by atoms with E-state index < -0.39 is 0 Å². The number of alkyl halides is 1. The Bertz CT molecular complexity index is 396. The minimum Gasteiger partial charge on any atom is -0.369 e. The van der Waals surface area contributed by atoms with E-state index >= 15 is 0 Å². The van der Waals surface area contributed by atoms with E-state index in [1.807, 2.05) is 0 Å². The van der Waals surface area contributed by atoms with E-state index in [2.05, 4.69) is 5.32 Å². The van der Waals surface area contributed by atoms with Crippen LogP contribution in [0.15, 0.2) is 0 Å². The lowest BCUT2D eigenvalue weighted by molar-refractivity contribution is -0.150. The highest BCUT2D eigenvalue weighted by Crippen LogP contribution is 2.61. The second-order valence-electron chi connectivity index (χ2n) is 6.57. The van der Waals surface area contributed by atoms with E-state index in [1.165, 1.54) is 6.42 Å². The molecule has 5 heteroatoms. The fourth-order valence-electron chi connectivity index (χ4n) is 5.03. The summed E-state index contributed by atoms with van der Waals surface area (Å²) >= 11 is 5.59. The first-order chi connectivity index (χ1) is 8.47. The van der Waals surface area contributed by atoms with Crippen LogP contribution in [0, 0.1) is 17.3 Å². The fraction of sp³-hybridized carbons (Fsp3) is 0.846. The van der Waals surface area contributed by atoms with Crippen molar-refractivity contribution >= 4 is 23.4 Å². The van der Waals surface area contributed by atoms with E-state index in [0.717, 1.165) is 25.7 Å². The van der Waals surface area contributed by atoms with Crippen molar-refractivity contribution in [1.82, 2.24) is 5.32 Å². The summed E-state index contributed by atoms with van der Waals surface area (Å²) in [6.45, 7) is 0. The zero-order valence-electron chi connectivity index (χ0n) is 10.4. The van der Waals surface area contributed by atoms with Crippen LogP contribution >= 0.6 is 11.6 Å². The number of carbonyl (C=O) groups excluding carboxylic acids is 2. The van der Waals surface area contributed by atoms with Gasteiger partial charge in [0, 0.05) is 5.54 Å². The molecule has 4 bridgehead atoms. The summed E-state index contributed by atoms with van der Waals surface area (Å²) in [5.41, 5.74) is 5.05. The molecule has 0 aromatic rings. The molecule has 2 unspecified atom stereocenters. The number of rotatable bonds is 3. The van der Waals surface area contributed by atoms with Gasteiger partial charge in [0.2, 0.25) is 11.8 Å². The molecule has 0 heterocycles. The summed E-state index contributed by atoms with van der Waals surface area (Å²) in [5, 5.41) is 3.08. The molecule has 0 radical (unpaired) electrons. The Hall–Kier alpha value is -0.770. The van der Waals surface area contributed by atoms with Crippen molar-refractivity contribution in [2.45, 2.75) is 44.1 Å². The number of hydrogen-bond acceptors (Lipinski definition) is 2. The Kier molecular flexibility index (Phi) is 2.63. The van der Waals surface area contributed by atoms with E-state index in [1.54, 1.807) is 0 Å². The second kappa shape index (κ2) is 3.86. The van der Waals surface area contributed by atoms with Crippen LogP contribution in [0.25, 0.3) is 0 Å². The Morgan fingerprint density at radius 1 is 1.22 bits per heavy atom. The molecule has 0 saturated heterocycles. The van der Waals surface area contributed by atoms with Crippen LogP contribution in [-0.4, -0.2) is 23.2 Å². The molecular formula is C13H19ClN2O2. The maximum Gasteiger partial charge on any atom is 0.235 e. The smallest absolute Gasteiger partial charge is 0.235 e. The average molecular weight is 271 g/mol. The number of amides is 2. The fourth-order valence-corrected chi connectivity index (χ4v) is 5.09. The van der Waals surface area contributed by atoms with Crippen molar-refractivity contribution in [3.05, 3.63) is 0 Å². The quantitative estimate of drug-likeness (QED) is 0.756. The van der Waals surface area contributed by atoms with Crippen LogP contribution in [0.3, 0.4) is 0 Å². The molecule has 4 aliphatic rings. The molecule has 18 heavy (non-hydrogen) atoms. The first kappa shape index (κ1) is 12.3. The first-order valence-corrected chi connectivity index (χ1v) is 7.17. The maximum atomic E-state index is 11.8. The summed E-state index contributed by atoms with van der Waals surface area (Å²) in [6.07, 6.45) is 5.70. The van der Waals surface area contributed by atoms with Gasteiger partial charge in [0.05, 0.1) is 5.41 Å². The minimum atomic E-state index is -0.371. The topological polar surface area (TPSA) is 72.2 Å². The second-order valence-corrected chi connectivity index (χ2v) is 6.84. The van der Waals surface area contributed by atoms with Crippen molar-refractivity contribution < 1.29 is 9.59 Å². The van der Waals surface area contributed by atoms with Gasteiger partial charge in [-0.05, 0) is 50.4 Å². The van der Waals surface area contributed by atoms with Gasteiger partial charge in [0.25, 0.3) is 0 Å². The monoisotopic (exact) mass is 270 g/mol. The van der Waals surface area contributed by atoms with Crippen molar-refractivity contribution in [2.75, 3.05) is 5.88 Å². The van der Waals surface area contributed by atoms with Crippen molar-refractivity contribution in [1.29, 1.82) is 0 Å². The molecule has 3 N–H and O–H groups in total. The van der Waals surface area contributed by atoms with E-state index in [9.17, 15) is 9.59 Å². The highest BCUT2D eigenvalue weighted by atomic mass is 35.5. The van der Waals surface area contributed by atoms with Crippen molar-refractivity contribution in [2.24, 2.45) is 23.0 Å². The highest BCUT2D eigenvalue weighted by Gasteiger charge is 2.60. The van der Waals surface area contributed by atoms with Crippen molar-refractivity contribution in [3.8, 4) is 0 Å². The SMILES string of the molecule is NC(=O)C12CC3CC(CC(NC(=O)CCl)(C3)C1)C2. The molecule has 4 aliphatic carbocycles. The Morgan fingerprint density at radius 3 is 2.33 bits per heavy atom. The summed E-state index contributed by atoms with van der Waals surface area (Å²) < 4.78 is 0. The van der Waals surface area contributed by atoms with E-state index in [-0.39, 0.29) is 28.6 Å². The van der Waals surface area contributed by atoms with Gasteiger partial charge in [-0.25, -0.2) is 0 Å². The van der Waals surface area contributed by atoms with Crippen LogP contribution in [0.1, 0.15) is 38.5 Å². The van der Waals surface area contributed by atoms with Crippen LogP contribution in [0.2, 0.25) is 0 Å². The Morgan fingerprint density at radius 2 is 1.83 bits per heavy atom. The average Bonchev–Trinajstić information content (AvgIpc) is 2.26. The summed E-state index contributed by atoms with van der Waals surface area (Å²) in [7, 11) is 0. The third-order valence-electron chi connectivity index (χ3n) is 5.11. The lowest BCUT2D eigenvalue weighted by Crippen LogP contribution is -2.65. The zero-order chi connectivity index (χ0) is 13.0. The van der Waals surface area contributed by atoms with E-state index in [4.69, 9.17) is 17.3 Å². The zero-order valence-corrected chi connectivity index (χ0v) is 11.1. The Labute approximate surface area is 112 Å². The number of primary amides is 1. The minimum absolute atomic E-state index is 0.0132. The van der Waals surface area contributed by atoms with Gasteiger partial charge in [-0.15, -0.1) is 11.6 Å². The molecule has 0 spiro atoms. The Balaban J connectivity index is 1.89. The molecule has 2 amide bonds. The third-order valence-corrected chi connectivity index (χ3v) is 5.35. The number of nitrogens with two attached hydrogens (primary N) is 1. The van der Waals surface area contributed by atoms with E-state index in [0.29, 0.717) is 18.3 Å². The number of halogens is 1. The molecule has 100 valence electrons.